The van der Waals surface area contributed by atoms with Crippen molar-refractivity contribution in [1.29, 1.82) is 0 Å². The molecule has 11 nitrogen and oxygen atoms in total. The van der Waals surface area contributed by atoms with Crippen molar-refractivity contribution < 1.29 is 14.3 Å². The van der Waals surface area contributed by atoms with Crippen LogP contribution in [0.4, 0.5) is 11.6 Å². The lowest BCUT2D eigenvalue weighted by molar-refractivity contribution is -0.112. The van der Waals surface area contributed by atoms with Gasteiger partial charge < -0.3 is 25.0 Å². The van der Waals surface area contributed by atoms with Gasteiger partial charge in [0.2, 0.25) is 11.6 Å². The second kappa shape index (κ2) is 18.6. The number of pyridine rings is 1. The first-order valence-electron chi connectivity index (χ1n) is 17.0. The predicted molar refractivity (Wildman–Crippen MR) is 206 cm³/mol. The molecule has 0 unspecified atom stereocenters. The average molecular weight is 735 g/mol. The summed E-state index contributed by atoms with van der Waals surface area (Å²) >= 11 is 13.5. The standard InChI is InChI=1S/C38H45Cl2N7O4/c1-8-46(9-2)18-11-10-17-42-38-43-23-26-21-28(32-33(39)30(50-6)22-31(51-7)34(32)40)37(49)47(35(26)45-38)19-16-25-12-14-27(15-13-25)44-36(48)29(41-5)20-24(3)4/h12-15,20-24H,8-11,16-19H2,1-4,6-7H3,(H,44,48)(H,42,43,45)/b29-20-. The summed E-state index contributed by atoms with van der Waals surface area (Å²) in [7, 11) is 2.96. The molecule has 0 atom stereocenters. The molecule has 270 valence electrons. The molecule has 0 aliphatic rings. The molecule has 2 heterocycles. The smallest absolute Gasteiger partial charge is 0.260 e. The lowest BCUT2D eigenvalue weighted by Gasteiger charge is -2.18. The van der Waals surface area contributed by atoms with Crippen LogP contribution in [-0.2, 0) is 17.8 Å². The zero-order chi connectivity index (χ0) is 37.1. The van der Waals surface area contributed by atoms with E-state index in [0.29, 0.717) is 47.1 Å². The van der Waals surface area contributed by atoms with Gasteiger partial charge in [-0.3, -0.25) is 14.2 Å². The molecule has 1 amide bonds. The molecule has 0 saturated heterocycles. The van der Waals surface area contributed by atoms with Crippen molar-refractivity contribution in [3.05, 3.63) is 91.7 Å². The molecule has 0 spiro atoms. The van der Waals surface area contributed by atoms with Crippen LogP contribution in [0.3, 0.4) is 0 Å². The number of halogens is 2. The third-order valence-electron chi connectivity index (χ3n) is 8.43. The Morgan fingerprint density at radius 3 is 2.31 bits per heavy atom. The maximum atomic E-state index is 14.4. The number of fused-ring (bicyclic) bond motifs is 1. The van der Waals surface area contributed by atoms with Gasteiger partial charge in [-0.1, -0.05) is 69.1 Å². The maximum Gasteiger partial charge on any atom is 0.260 e. The average Bonchev–Trinajstić information content (AvgIpc) is 3.12. The Morgan fingerprint density at radius 2 is 1.73 bits per heavy atom. The third-order valence-corrected chi connectivity index (χ3v) is 9.18. The number of unbranched alkanes of at least 4 members (excludes halogenated alkanes) is 1. The summed E-state index contributed by atoms with van der Waals surface area (Å²) in [5.41, 5.74) is 2.17. The van der Waals surface area contributed by atoms with E-state index in [4.69, 9.17) is 44.2 Å². The Hall–Kier alpha value is -4.63. The second-order valence-electron chi connectivity index (χ2n) is 12.2. The molecular formula is C38H45Cl2N7O4. The highest BCUT2D eigenvalue weighted by molar-refractivity contribution is 6.41. The van der Waals surface area contributed by atoms with Crippen LogP contribution < -0.4 is 25.7 Å². The van der Waals surface area contributed by atoms with Crippen molar-refractivity contribution >= 4 is 51.8 Å². The van der Waals surface area contributed by atoms with Crippen LogP contribution in [0.15, 0.2) is 59.2 Å². The molecule has 4 aromatic rings. The van der Waals surface area contributed by atoms with Gasteiger partial charge in [-0.05, 0) is 68.6 Å². The van der Waals surface area contributed by atoms with Gasteiger partial charge in [0.05, 0.1) is 36.4 Å². The first-order valence-corrected chi connectivity index (χ1v) is 17.8. The highest BCUT2D eigenvalue weighted by Gasteiger charge is 2.23. The summed E-state index contributed by atoms with van der Waals surface area (Å²) in [5, 5.41) is 7.07. The molecule has 0 fully saturated rings. The number of aromatic nitrogens is 3. The van der Waals surface area contributed by atoms with Crippen LogP contribution >= 0.6 is 23.2 Å². The molecule has 51 heavy (non-hydrogen) atoms. The van der Waals surface area contributed by atoms with E-state index in [1.165, 1.54) is 14.2 Å². The topological polar surface area (TPSA) is 115 Å². The molecule has 0 aliphatic carbocycles. The second-order valence-corrected chi connectivity index (χ2v) is 13.0. The number of nitrogens with one attached hydrogen (secondary N) is 2. The van der Waals surface area contributed by atoms with Gasteiger partial charge in [0.25, 0.3) is 11.5 Å². The number of allylic oxidation sites excluding steroid dienone is 1. The van der Waals surface area contributed by atoms with Crippen LogP contribution in [0.2, 0.25) is 10.0 Å². The first kappa shape index (κ1) is 39.2. The highest BCUT2D eigenvalue weighted by Crippen LogP contribution is 2.45. The fraction of sp³-hybridized carbons (Fsp3) is 0.395. The van der Waals surface area contributed by atoms with E-state index in [2.05, 4.69) is 39.2 Å². The molecule has 2 aromatic carbocycles. The predicted octanol–water partition coefficient (Wildman–Crippen LogP) is 7.96. The zero-order valence-electron chi connectivity index (χ0n) is 30.0. The van der Waals surface area contributed by atoms with Gasteiger partial charge in [0, 0.05) is 42.0 Å². The van der Waals surface area contributed by atoms with Crippen LogP contribution in [0.1, 0.15) is 46.1 Å². The fourth-order valence-corrected chi connectivity index (χ4v) is 6.33. The van der Waals surface area contributed by atoms with Gasteiger partial charge in [-0.25, -0.2) is 9.83 Å². The number of anilines is 2. The number of rotatable bonds is 17. The van der Waals surface area contributed by atoms with Crippen molar-refractivity contribution in [3.8, 4) is 22.6 Å². The Balaban J connectivity index is 1.68. The minimum Gasteiger partial charge on any atom is -0.495 e. The number of ether oxygens (including phenoxy) is 2. The lowest BCUT2D eigenvalue weighted by atomic mass is 10.0. The van der Waals surface area contributed by atoms with Gasteiger partial charge in [-0.15, -0.1) is 0 Å². The summed E-state index contributed by atoms with van der Waals surface area (Å²) in [5.74, 6) is 0.659. The minimum atomic E-state index is -0.458. The molecule has 0 radical (unpaired) electrons. The number of amides is 1. The van der Waals surface area contributed by atoms with E-state index < -0.39 is 5.91 Å². The van der Waals surface area contributed by atoms with Gasteiger partial charge in [0.1, 0.15) is 17.1 Å². The number of benzene rings is 2. The van der Waals surface area contributed by atoms with Crippen molar-refractivity contribution in [2.24, 2.45) is 5.92 Å². The van der Waals surface area contributed by atoms with Crippen molar-refractivity contribution in [3.63, 3.8) is 0 Å². The Kier molecular flexibility index (Phi) is 14.3. The molecule has 0 saturated carbocycles. The molecular weight excluding hydrogens is 689 g/mol. The third kappa shape index (κ3) is 9.79. The molecule has 2 N–H and O–H groups in total. The van der Waals surface area contributed by atoms with E-state index in [0.717, 1.165) is 38.0 Å². The van der Waals surface area contributed by atoms with E-state index in [1.54, 1.807) is 41.1 Å². The van der Waals surface area contributed by atoms with Crippen LogP contribution in [0.5, 0.6) is 11.5 Å². The van der Waals surface area contributed by atoms with Crippen LogP contribution in [0, 0.1) is 12.5 Å². The van der Waals surface area contributed by atoms with Crippen molar-refractivity contribution in [1.82, 2.24) is 19.4 Å². The van der Waals surface area contributed by atoms with Crippen LogP contribution in [-0.4, -0.2) is 65.7 Å². The molecule has 2 aromatic heterocycles. The zero-order valence-corrected chi connectivity index (χ0v) is 31.5. The molecule has 0 aliphatic heterocycles. The molecule has 13 heteroatoms. The minimum absolute atomic E-state index is 0.0459. The van der Waals surface area contributed by atoms with E-state index in [-0.39, 0.29) is 44.9 Å². The summed E-state index contributed by atoms with van der Waals surface area (Å²) in [6, 6.07) is 10.6. The lowest BCUT2D eigenvalue weighted by Crippen LogP contribution is -2.25. The van der Waals surface area contributed by atoms with E-state index in [1.807, 2.05) is 26.0 Å². The van der Waals surface area contributed by atoms with Gasteiger partial charge >= 0.3 is 0 Å². The SMILES string of the molecule is [C-]#[N+]/C(=C\C(C)C)C(=O)Nc1ccc(CCn2c(=O)c(-c3c(Cl)c(OC)cc(OC)c3Cl)cc3cnc(NCCCCN(CC)CC)nc32)cc1. The monoisotopic (exact) mass is 733 g/mol. The van der Waals surface area contributed by atoms with E-state index in [9.17, 15) is 9.59 Å². The highest BCUT2D eigenvalue weighted by atomic mass is 35.5. The van der Waals surface area contributed by atoms with E-state index >= 15 is 0 Å². The summed E-state index contributed by atoms with van der Waals surface area (Å²) in [4.78, 5) is 42.1. The fourth-order valence-electron chi connectivity index (χ4n) is 5.62. The number of hydrogen-bond donors (Lipinski definition) is 2. The number of carbonyl (C=O) groups is 1. The van der Waals surface area contributed by atoms with Crippen molar-refractivity contribution in [2.75, 3.05) is 51.0 Å². The summed E-state index contributed by atoms with van der Waals surface area (Å²) in [6.45, 7) is 19.5. The summed E-state index contributed by atoms with van der Waals surface area (Å²) < 4.78 is 12.6. The first-order chi connectivity index (χ1) is 24.5. The number of nitrogens with zero attached hydrogens (tertiary/aromatic N) is 5. The molecule has 4 rings (SSSR count). The number of hydrogen-bond acceptors (Lipinski definition) is 8. The number of methoxy groups -OCH3 is 2. The normalized spacial score (nSPS) is 11.6. The Morgan fingerprint density at radius 1 is 1.06 bits per heavy atom. The largest absolute Gasteiger partial charge is 0.495 e. The number of carbonyl (C=O) groups excluding carboxylic acids is 1. The van der Waals surface area contributed by atoms with Gasteiger partial charge in [0.15, 0.2) is 0 Å². The van der Waals surface area contributed by atoms with Crippen molar-refractivity contribution in [2.45, 2.75) is 53.5 Å². The molecule has 0 bridgehead atoms. The number of aryl methyl sites for hydroxylation is 2. The quantitative estimate of drug-likeness (QED) is 0.0639. The maximum absolute atomic E-state index is 14.4. The van der Waals surface area contributed by atoms with Gasteiger partial charge in [-0.2, -0.15) is 4.98 Å². The van der Waals surface area contributed by atoms with Crippen LogP contribution in [0.25, 0.3) is 27.0 Å². The summed E-state index contributed by atoms with van der Waals surface area (Å²) in [6.07, 6.45) is 5.77. The Labute approximate surface area is 309 Å². The Bertz CT molecular complexity index is 1940.